The number of rotatable bonds is 7. The van der Waals surface area contributed by atoms with Gasteiger partial charge in [0.1, 0.15) is 17.4 Å². The standard InChI is InChI=1S/C23H17F2NO5/c24-17-5-1-14(2-6-17)9-16-10-19(20(27)11-21(28)23(30)31)22(29)26(13-16)12-15-3-7-18(25)8-4-15/h1-8,10-11,13,27H,9,12H2,(H,30,31). The summed E-state index contributed by atoms with van der Waals surface area (Å²) in [6, 6.07) is 12.5. The number of aliphatic carboxylic acids is 1. The highest BCUT2D eigenvalue weighted by Gasteiger charge is 2.16. The van der Waals surface area contributed by atoms with Crippen LogP contribution in [0.4, 0.5) is 8.78 Å². The van der Waals surface area contributed by atoms with Crippen molar-refractivity contribution in [3.63, 3.8) is 0 Å². The van der Waals surface area contributed by atoms with E-state index in [0.717, 1.165) is 5.56 Å². The Balaban J connectivity index is 2.06. The minimum atomic E-state index is -1.78. The summed E-state index contributed by atoms with van der Waals surface area (Å²) in [5.41, 5.74) is 0.948. The molecule has 0 bridgehead atoms. The first-order chi connectivity index (χ1) is 14.7. The third kappa shape index (κ3) is 5.51. The van der Waals surface area contributed by atoms with Gasteiger partial charge in [0.2, 0.25) is 0 Å². The van der Waals surface area contributed by atoms with Gasteiger partial charge < -0.3 is 14.8 Å². The molecule has 0 aliphatic carbocycles. The van der Waals surface area contributed by atoms with Gasteiger partial charge in [-0.05, 0) is 53.4 Å². The molecule has 8 heteroatoms. The second kappa shape index (κ2) is 9.17. The van der Waals surface area contributed by atoms with E-state index >= 15 is 0 Å². The molecule has 0 spiro atoms. The van der Waals surface area contributed by atoms with E-state index in [1.54, 1.807) is 12.1 Å². The molecule has 0 saturated heterocycles. The molecule has 0 fully saturated rings. The Bertz CT molecular complexity index is 1210. The summed E-state index contributed by atoms with van der Waals surface area (Å²) in [7, 11) is 0. The number of benzene rings is 2. The smallest absolute Gasteiger partial charge is 0.376 e. The monoisotopic (exact) mass is 425 g/mol. The zero-order valence-corrected chi connectivity index (χ0v) is 16.1. The normalized spacial score (nSPS) is 11.4. The van der Waals surface area contributed by atoms with E-state index in [1.807, 2.05) is 0 Å². The van der Waals surface area contributed by atoms with Crippen LogP contribution in [0.1, 0.15) is 22.3 Å². The lowest BCUT2D eigenvalue weighted by Gasteiger charge is -2.12. The molecular formula is C23H17F2NO5. The van der Waals surface area contributed by atoms with Crippen molar-refractivity contribution in [1.82, 2.24) is 4.57 Å². The minimum absolute atomic E-state index is 0.0452. The summed E-state index contributed by atoms with van der Waals surface area (Å²) in [5, 5.41) is 19.0. The molecule has 31 heavy (non-hydrogen) atoms. The Labute approximate surface area is 175 Å². The van der Waals surface area contributed by atoms with E-state index in [4.69, 9.17) is 5.11 Å². The van der Waals surface area contributed by atoms with E-state index in [2.05, 4.69) is 0 Å². The topological polar surface area (TPSA) is 96.6 Å². The number of aliphatic hydroxyl groups excluding tert-OH is 1. The van der Waals surface area contributed by atoms with Crippen LogP contribution >= 0.6 is 0 Å². The number of carbonyl (C=O) groups excluding carboxylic acids is 1. The predicted octanol–water partition coefficient (Wildman–Crippen LogP) is 3.32. The molecule has 0 saturated carbocycles. The average Bonchev–Trinajstić information content (AvgIpc) is 2.73. The SMILES string of the molecule is O=C(O)C(=O)C=C(O)c1cc(Cc2ccc(F)cc2)cn(Cc2ccc(F)cc2)c1=O. The van der Waals surface area contributed by atoms with Crippen LogP contribution in [-0.4, -0.2) is 26.5 Å². The molecule has 0 aliphatic heterocycles. The van der Waals surface area contributed by atoms with Gasteiger partial charge in [0, 0.05) is 12.3 Å². The molecule has 2 aromatic carbocycles. The summed E-state index contributed by atoms with van der Waals surface area (Å²) >= 11 is 0. The van der Waals surface area contributed by atoms with E-state index in [-0.39, 0.29) is 18.5 Å². The quantitative estimate of drug-likeness (QED) is 0.344. The maximum Gasteiger partial charge on any atom is 0.376 e. The van der Waals surface area contributed by atoms with Gasteiger partial charge >= 0.3 is 5.97 Å². The van der Waals surface area contributed by atoms with Gasteiger partial charge in [0.25, 0.3) is 11.3 Å². The Hall–Kier alpha value is -4.07. The first-order valence-electron chi connectivity index (χ1n) is 9.13. The first-order valence-corrected chi connectivity index (χ1v) is 9.13. The Morgan fingerprint density at radius 2 is 1.42 bits per heavy atom. The molecule has 2 N–H and O–H groups in total. The molecule has 1 aromatic heterocycles. The predicted molar refractivity (Wildman–Crippen MR) is 109 cm³/mol. The van der Waals surface area contributed by atoms with Gasteiger partial charge in [0.15, 0.2) is 0 Å². The Morgan fingerprint density at radius 1 is 0.871 bits per heavy atom. The number of carboxylic acid groups (broad SMARTS) is 1. The fraction of sp³-hybridized carbons (Fsp3) is 0.0870. The third-order valence-corrected chi connectivity index (χ3v) is 4.48. The minimum Gasteiger partial charge on any atom is -0.507 e. The first kappa shape index (κ1) is 21.6. The molecule has 0 aliphatic rings. The molecule has 0 amide bonds. The lowest BCUT2D eigenvalue weighted by molar-refractivity contribution is -0.146. The van der Waals surface area contributed by atoms with Crippen LogP contribution in [-0.2, 0) is 22.6 Å². The van der Waals surface area contributed by atoms with Crippen molar-refractivity contribution in [2.24, 2.45) is 0 Å². The van der Waals surface area contributed by atoms with E-state index < -0.39 is 34.7 Å². The fourth-order valence-electron chi connectivity index (χ4n) is 2.98. The van der Waals surface area contributed by atoms with Crippen molar-refractivity contribution in [3.8, 4) is 0 Å². The van der Waals surface area contributed by atoms with Gasteiger partial charge in [-0.25, -0.2) is 13.6 Å². The highest BCUT2D eigenvalue weighted by atomic mass is 19.1. The number of hydrogen-bond donors (Lipinski definition) is 2. The number of halogens is 2. The Morgan fingerprint density at radius 3 is 1.97 bits per heavy atom. The lowest BCUT2D eigenvalue weighted by Crippen LogP contribution is -2.25. The Kier molecular flexibility index (Phi) is 6.40. The van der Waals surface area contributed by atoms with E-state index in [9.17, 15) is 28.3 Å². The van der Waals surface area contributed by atoms with E-state index in [1.165, 1.54) is 53.2 Å². The molecule has 3 aromatic rings. The number of aromatic nitrogens is 1. The molecule has 0 atom stereocenters. The molecule has 1 heterocycles. The van der Waals surface area contributed by atoms with Gasteiger partial charge in [-0.2, -0.15) is 0 Å². The van der Waals surface area contributed by atoms with Gasteiger partial charge in [0.05, 0.1) is 12.1 Å². The van der Waals surface area contributed by atoms with Crippen LogP contribution in [0.5, 0.6) is 0 Å². The zero-order chi connectivity index (χ0) is 22.5. The zero-order valence-electron chi connectivity index (χ0n) is 16.1. The van der Waals surface area contributed by atoms with Gasteiger partial charge in [-0.15, -0.1) is 0 Å². The maximum absolute atomic E-state index is 13.2. The number of carbonyl (C=O) groups is 2. The van der Waals surface area contributed by atoms with Crippen molar-refractivity contribution >= 4 is 17.5 Å². The number of pyridine rings is 1. The second-order valence-corrected chi connectivity index (χ2v) is 6.82. The van der Waals surface area contributed by atoms with Crippen LogP contribution in [0.25, 0.3) is 5.76 Å². The molecule has 6 nitrogen and oxygen atoms in total. The number of nitrogens with zero attached hydrogens (tertiary/aromatic N) is 1. The number of carboxylic acids is 1. The average molecular weight is 425 g/mol. The lowest BCUT2D eigenvalue weighted by atomic mass is 10.0. The number of hydrogen-bond acceptors (Lipinski definition) is 4. The molecule has 0 radical (unpaired) electrons. The summed E-state index contributed by atoms with van der Waals surface area (Å²) in [4.78, 5) is 35.1. The van der Waals surface area contributed by atoms with Gasteiger partial charge in [-0.1, -0.05) is 24.3 Å². The van der Waals surface area contributed by atoms with Crippen molar-refractivity contribution in [3.05, 3.63) is 111 Å². The third-order valence-electron chi connectivity index (χ3n) is 4.48. The van der Waals surface area contributed by atoms with Crippen molar-refractivity contribution in [2.45, 2.75) is 13.0 Å². The van der Waals surface area contributed by atoms with Crippen LogP contribution in [0.3, 0.4) is 0 Å². The summed E-state index contributed by atoms with van der Waals surface area (Å²) in [6.07, 6.45) is 2.27. The highest BCUT2D eigenvalue weighted by Crippen LogP contribution is 2.15. The van der Waals surface area contributed by atoms with Crippen molar-refractivity contribution in [1.29, 1.82) is 0 Å². The van der Waals surface area contributed by atoms with Crippen LogP contribution in [0.15, 0.2) is 71.7 Å². The summed E-state index contributed by atoms with van der Waals surface area (Å²) in [6.45, 7) is 0.0452. The highest BCUT2D eigenvalue weighted by molar-refractivity contribution is 6.38. The fourth-order valence-corrected chi connectivity index (χ4v) is 2.98. The molecule has 158 valence electrons. The molecule has 3 rings (SSSR count). The van der Waals surface area contributed by atoms with Crippen LogP contribution in [0, 0.1) is 11.6 Å². The van der Waals surface area contributed by atoms with Crippen LogP contribution < -0.4 is 5.56 Å². The van der Waals surface area contributed by atoms with Crippen LogP contribution in [0.2, 0.25) is 0 Å². The van der Waals surface area contributed by atoms with Crippen molar-refractivity contribution in [2.75, 3.05) is 0 Å². The molecule has 0 unspecified atom stereocenters. The largest absolute Gasteiger partial charge is 0.507 e. The maximum atomic E-state index is 13.2. The second-order valence-electron chi connectivity index (χ2n) is 6.82. The van der Waals surface area contributed by atoms with Gasteiger partial charge in [-0.3, -0.25) is 9.59 Å². The summed E-state index contributed by atoms with van der Waals surface area (Å²) in [5.74, 6) is -4.79. The summed E-state index contributed by atoms with van der Waals surface area (Å²) < 4.78 is 27.6. The molecular weight excluding hydrogens is 408 g/mol. The number of aliphatic hydroxyl groups is 1. The van der Waals surface area contributed by atoms with Crippen molar-refractivity contribution < 1.29 is 28.6 Å². The number of ketones is 1. The van der Waals surface area contributed by atoms with E-state index in [0.29, 0.717) is 17.2 Å².